The van der Waals surface area contributed by atoms with Crippen LogP contribution in [0.15, 0.2) is 60.7 Å². The second kappa shape index (κ2) is 9.16. The normalized spacial score (nSPS) is 11.8. The first kappa shape index (κ1) is 22.1. The standard InChI is InChI=1S/C26H25N3O4/c1-15-6-5-7-16(2)23(15)29-25(30)17(3)33-26(31)19-10-13-21-22(14-19)28-24(27-21)18-8-11-20(32-4)12-9-18/h5-14,17H,1-4H3,(H,27,28)(H,29,30). The highest BCUT2D eigenvalue weighted by atomic mass is 16.5. The number of para-hydroxylation sites is 1. The highest BCUT2D eigenvalue weighted by Crippen LogP contribution is 2.24. The van der Waals surface area contributed by atoms with Crippen molar-refractivity contribution in [2.75, 3.05) is 12.4 Å². The van der Waals surface area contributed by atoms with E-state index < -0.39 is 12.1 Å². The second-order valence-corrected chi connectivity index (χ2v) is 7.85. The summed E-state index contributed by atoms with van der Waals surface area (Å²) < 4.78 is 10.6. The average molecular weight is 444 g/mol. The number of rotatable bonds is 6. The molecule has 1 amide bonds. The summed E-state index contributed by atoms with van der Waals surface area (Å²) in [6, 6.07) is 18.3. The molecule has 0 saturated heterocycles. The molecule has 1 aromatic heterocycles. The number of aryl methyl sites for hydroxylation is 2. The number of anilines is 1. The molecule has 0 aliphatic heterocycles. The Hall–Kier alpha value is -4.13. The zero-order chi connectivity index (χ0) is 23.5. The maximum Gasteiger partial charge on any atom is 0.338 e. The molecule has 0 aliphatic rings. The molecule has 4 aromatic rings. The first-order valence-corrected chi connectivity index (χ1v) is 10.6. The van der Waals surface area contributed by atoms with Crippen LogP contribution in [-0.2, 0) is 9.53 Å². The molecule has 4 rings (SSSR count). The number of imidazole rings is 1. The summed E-state index contributed by atoms with van der Waals surface area (Å²) in [4.78, 5) is 33.1. The van der Waals surface area contributed by atoms with E-state index >= 15 is 0 Å². The average Bonchev–Trinajstić information content (AvgIpc) is 3.24. The van der Waals surface area contributed by atoms with Crippen LogP contribution in [0.1, 0.15) is 28.4 Å². The number of H-pyrrole nitrogens is 1. The van der Waals surface area contributed by atoms with E-state index in [2.05, 4.69) is 15.3 Å². The third-order valence-corrected chi connectivity index (χ3v) is 5.46. The van der Waals surface area contributed by atoms with Crippen LogP contribution in [0.5, 0.6) is 5.75 Å². The molecule has 0 bridgehead atoms. The molecule has 1 unspecified atom stereocenters. The van der Waals surface area contributed by atoms with Gasteiger partial charge in [-0.2, -0.15) is 0 Å². The number of hydrogen-bond donors (Lipinski definition) is 2. The maximum absolute atomic E-state index is 12.7. The summed E-state index contributed by atoms with van der Waals surface area (Å²) in [7, 11) is 1.62. The second-order valence-electron chi connectivity index (χ2n) is 7.85. The van der Waals surface area contributed by atoms with Gasteiger partial charge in [0.05, 0.1) is 23.7 Å². The van der Waals surface area contributed by atoms with Crippen molar-refractivity contribution in [3.8, 4) is 17.1 Å². The largest absolute Gasteiger partial charge is 0.497 e. The fraction of sp³-hybridized carbons (Fsp3) is 0.192. The Morgan fingerprint density at radius 3 is 2.36 bits per heavy atom. The number of hydrogen-bond acceptors (Lipinski definition) is 5. The molecule has 3 aromatic carbocycles. The minimum absolute atomic E-state index is 0.333. The molecule has 0 fully saturated rings. The van der Waals surface area contributed by atoms with Gasteiger partial charge >= 0.3 is 5.97 Å². The van der Waals surface area contributed by atoms with Crippen LogP contribution in [0.2, 0.25) is 0 Å². The van der Waals surface area contributed by atoms with Crippen molar-refractivity contribution in [2.45, 2.75) is 26.9 Å². The molecule has 2 N–H and O–H groups in total. The lowest BCUT2D eigenvalue weighted by Gasteiger charge is -2.16. The van der Waals surface area contributed by atoms with Gasteiger partial charge in [0.1, 0.15) is 11.6 Å². The number of nitrogens with one attached hydrogen (secondary N) is 2. The maximum atomic E-state index is 12.7. The summed E-state index contributed by atoms with van der Waals surface area (Å²) in [6.07, 6.45) is -0.955. The number of aromatic nitrogens is 2. The van der Waals surface area contributed by atoms with Crippen LogP contribution in [-0.4, -0.2) is 35.1 Å². The zero-order valence-electron chi connectivity index (χ0n) is 18.9. The zero-order valence-corrected chi connectivity index (χ0v) is 18.9. The van der Waals surface area contributed by atoms with Crippen LogP contribution in [0.4, 0.5) is 5.69 Å². The lowest BCUT2D eigenvalue weighted by Crippen LogP contribution is -2.30. The van der Waals surface area contributed by atoms with E-state index in [9.17, 15) is 9.59 Å². The number of carbonyl (C=O) groups is 2. The van der Waals surface area contributed by atoms with Gasteiger partial charge in [0, 0.05) is 11.3 Å². The predicted molar refractivity (Wildman–Crippen MR) is 128 cm³/mol. The molecule has 168 valence electrons. The monoisotopic (exact) mass is 443 g/mol. The topological polar surface area (TPSA) is 93.3 Å². The van der Waals surface area contributed by atoms with Gasteiger partial charge in [-0.05, 0) is 74.4 Å². The van der Waals surface area contributed by atoms with Gasteiger partial charge in [0.2, 0.25) is 0 Å². The summed E-state index contributed by atoms with van der Waals surface area (Å²) in [5, 5.41) is 2.85. The summed E-state index contributed by atoms with van der Waals surface area (Å²) in [5.74, 6) is 0.474. The van der Waals surface area contributed by atoms with Crippen molar-refractivity contribution in [3.05, 3.63) is 77.4 Å². The summed E-state index contributed by atoms with van der Waals surface area (Å²) in [5.41, 5.74) is 5.27. The first-order chi connectivity index (χ1) is 15.9. The van der Waals surface area contributed by atoms with Crippen LogP contribution in [0.25, 0.3) is 22.4 Å². The third-order valence-electron chi connectivity index (χ3n) is 5.46. The number of amides is 1. The van der Waals surface area contributed by atoms with Gasteiger partial charge in [-0.1, -0.05) is 18.2 Å². The SMILES string of the molecule is COc1ccc(-c2nc3ccc(C(=O)OC(C)C(=O)Nc4c(C)cccc4C)cc3[nH]2)cc1. The van der Waals surface area contributed by atoms with E-state index in [4.69, 9.17) is 9.47 Å². The van der Waals surface area contributed by atoms with Crippen molar-refractivity contribution in [2.24, 2.45) is 0 Å². The predicted octanol–water partition coefficient (Wildman–Crippen LogP) is 5.04. The number of methoxy groups -OCH3 is 1. The summed E-state index contributed by atoms with van der Waals surface area (Å²) in [6.45, 7) is 5.38. The highest BCUT2D eigenvalue weighted by Gasteiger charge is 2.21. The van der Waals surface area contributed by atoms with Crippen molar-refractivity contribution in [1.29, 1.82) is 0 Å². The van der Waals surface area contributed by atoms with E-state index in [-0.39, 0.29) is 5.91 Å². The Morgan fingerprint density at radius 1 is 1.00 bits per heavy atom. The van der Waals surface area contributed by atoms with Gasteiger partial charge in [-0.25, -0.2) is 9.78 Å². The lowest BCUT2D eigenvalue weighted by atomic mass is 10.1. The molecule has 0 radical (unpaired) electrons. The van der Waals surface area contributed by atoms with Crippen molar-refractivity contribution >= 4 is 28.6 Å². The molecule has 1 atom stereocenters. The molecule has 1 heterocycles. The molecular formula is C26H25N3O4. The van der Waals surface area contributed by atoms with E-state index in [1.165, 1.54) is 0 Å². The van der Waals surface area contributed by atoms with Gasteiger partial charge in [0.25, 0.3) is 5.91 Å². The molecule has 7 nitrogen and oxygen atoms in total. The van der Waals surface area contributed by atoms with E-state index in [0.717, 1.165) is 33.6 Å². The summed E-state index contributed by atoms with van der Waals surface area (Å²) >= 11 is 0. The van der Waals surface area contributed by atoms with E-state index in [1.807, 2.05) is 56.3 Å². The molecule has 0 aliphatic carbocycles. The Balaban J connectivity index is 1.47. The van der Waals surface area contributed by atoms with Crippen LogP contribution in [0.3, 0.4) is 0 Å². The Kier molecular flexibility index (Phi) is 6.13. The molecule has 33 heavy (non-hydrogen) atoms. The number of ether oxygens (including phenoxy) is 2. The lowest BCUT2D eigenvalue weighted by molar-refractivity contribution is -0.123. The van der Waals surface area contributed by atoms with Gasteiger partial charge in [-0.15, -0.1) is 0 Å². The fourth-order valence-corrected chi connectivity index (χ4v) is 3.54. The Morgan fingerprint density at radius 2 is 1.70 bits per heavy atom. The van der Waals surface area contributed by atoms with Crippen molar-refractivity contribution < 1.29 is 19.1 Å². The Bertz CT molecular complexity index is 1310. The van der Waals surface area contributed by atoms with Crippen LogP contribution < -0.4 is 10.1 Å². The number of aromatic amines is 1. The molecule has 0 saturated carbocycles. The minimum Gasteiger partial charge on any atom is -0.497 e. The Labute approximate surface area is 191 Å². The number of nitrogens with zero attached hydrogens (tertiary/aromatic N) is 1. The van der Waals surface area contributed by atoms with Gasteiger partial charge in [0.15, 0.2) is 6.10 Å². The quantitative estimate of drug-likeness (QED) is 0.407. The van der Waals surface area contributed by atoms with E-state index in [1.54, 1.807) is 32.2 Å². The fourth-order valence-electron chi connectivity index (χ4n) is 3.54. The number of carbonyl (C=O) groups excluding carboxylic acids is 2. The number of benzene rings is 3. The number of esters is 1. The highest BCUT2D eigenvalue weighted by molar-refractivity contribution is 5.99. The molecule has 7 heteroatoms. The van der Waals surface area contributed by atoms with E-state index in [0.29, 0.717) is 16.9 Å². The first-order valence-electron chi connectivity index (χ1n) is 10.6. The van der Waals surface area contributed by atoms with Gasteiger partial charge in [-0.3, -0.25) is 4.79 Å². The van der Waals surface area contributed by atoms with Crippen LogP contribution in [0, 0.1) is 13.8 Å². The minimum atomic E-state index is -0.955. The van der Waals surface area contributed by atoms with Crippen LogP contribution >= 0.6 is 0 Å². The third kappa shape index (κ3) is 4.72. The molecule has 0 spiro atoms. The van der Waals surface area contributed by atoms with Crippen molar-refractivity contribution in [3.63, 3.8) is 0 Å². The van der Waals surface area contributed by atoms with Gasteiger partial charge < -0.3 is 19.8 Å². The molecular weight excluding hydrogens is 418 g/mol. The smallest absolute Gasteiger partial charge is 0.338 e. The van der Waals surface area contributed by atoms with Crippen molar-refractivity contribution in [1.82, 2.24) is 9.97 Å². The number of fused-ring (bicyclic) bond motifs is 1.